The van der Waals surface area contributed by atoms with Gasteiger partial charge < -0.3 is 0 Å². The van der Waals surface area contributed by atoms with Crippen LogP contribution in [-0.2, 0) is 5.11 Å². The average Bonchev–Trinajstić information content (AvgIpc) is 1.83. The van der Waals surface area contributed by atoms with E-state index < -0.39 is 0 Å². The molecule has 0 fully saturated rings. The molecule has 0 bridgehead atoms. The lowest BCUT2D eigenvalue weighted by Crippen LogP contribution is -1.92. The van der Waals surface area contributed by atoms with E-state index in [-0.39, 0.29) is 12.5 Å². The van der Waals surface area contributed by atoms with Crippen molar-refractivity contribution in [2.24, 2.45) is 5.92 Å². The highest BCUT2D eigenvalue weighted by Gasteiger charge is 1.89. The third-order valence-corrected chi connectivity index (χ3v) is 0.839. The summed E-state index contributed by atoms with van der Waals surface area (Å²) in [6.07, 6.45) is 5.31. The molecule has 0 aromatic heterocycles. The molecule has 0 saturated heterocycles. The topological polar surface area (TPSA) is 19.9 Å². The second-order valence-electron chi connectivity index (χ2n) is 1.76. The van der Waals surface area contributed by atoms with Gasteiger partial charge in [-0.15, -0.1) is 0 Å². The van der Waals surface area contributed by atoms with Crippen LogP contribution in [0.25, 0.3) is 0 Å². The molecule has 0 aromatic rings. The molecule has 0 heterocycles. The van der Waals surface area contributed by atoms with Gasteiger partial charge in [0.1, 0.15) is 0 Å². The first kappa shape index (κ1) is 7.44. The zero-order chi connectivity index (χ0) is 6.41. The van der Waals surface area contributed by atoms with Gasteiger partial charge in [-0.1, -0.05) is 31.7 Å². The zero-order valence-electron chi connectivity index (χ0n) is 5.13. The summed E-state index contributed by atoms with van der Waals surface area (Å²) >= 11 is 0. The van der Waals surface area contributed by atoms with Crippen LogP contribution in [0.3, 0.4) is 0 Å². The average molecular weight is 111 g/mol. The zero-order valence-corrected chi connectivity index (χ0v) is 5.13. The fourth-order valence-electron chi connectivity index (χ4n) is 0.324. The molecule has 0 aliphatic rings. The van der Waals surface area contributed by atoms with Gasteiger partial charge in [0.25, 0.3) is 0 Å². The number of rotatable bonds is 3. The van der Waals surface area contributed by atoms with Crippen LogP contribution in [0.1, 0.15) is 6.92 Å². The minimum atomic E-state index is -0.0374. The Morgan fingerprint density at radius 1 is 1.75 bits per heavy atom. The maximum absolute atomic E-state index is 10.1. The van der Waals surface area contributed by atoms with Crippen LogP contribution >= 0.6 is 0 Å². The number of allylic oxidation sites excluding steroid dienone is 2. The van der Waals surface area contributed by atoms with Crippen molar-refractivity contribution >= 4 is 0 Å². The van der Waals surface area contributed by atoms with Crippen LogP contribution in [0.15, 0.2) is 24.8 Å². The van der Waals surface area contributed by atoms with Gasteiger partial charge in [-0.3, -0.25) is 0 Å². The Morgan fingerprint density at radius 3 is 2.75 bits per heavy atom. The Kier molecular flexibility index (Phi) is 4.27. The van der Waals surface area contributed by atoms with E-state index in [9.17, 15) is 5.11 Å². The molecule has 8 heavy (non-hydrogen) atoms. The van der Waals surface area contributed by atoms with E-state index in [0.29, 0.717) is 0 Å². The first-order chi connectivity index (χ1) is 3.81. The van der Waals surface area contributed by atoms with Crippen LogP contribution in [0.4, 0.5) is 0 Å². The van der Waals surface area contributed by atoms with Gasteiger partial charge in [0.05, 0.1) is 6.61 Å². The van der Waals surface area contributed by atoms with Crippen molar-refractivity contribution in [2.45, 2.75) is 6.92 Å². The highest BCUT2D eigenvalue weighted by molar-refractivity contribution is 4.98. The number of hydrogen-bond donors (Lipinski definition) is 0. The van der Waals surface area contributed by atoms with Crippen molar-refractivity contribution in [1.29, 1.82) is 0 Å². The first-order valence-electron chi connectivity index (χ1n) is 2.68. The molecule has 1 atom stereocenters. The molecule has 0 N–H and O–H groups in total. The maximum Gasteiger partial charge on any atom is 0.0882 e. The van der Waals surface area contributed by atoms with Crippen LogP contribution in [0.5, 0.6) is 0 Å². The molecule has 1 radical (unpaired) electrons. The summed E-state index contributed by atoms with van der Waals surface area (Å²) in [5, 5.41) is 10.1. The van der Waals surface area contributed by atoms with Gasteiger partial charge in [0, 0.05) is 5.92 Å². The SMILES string of the molecule is C=CC=CC(C)C[O]. The van der Waals surface area contributed by atoms with Gasteiger partial charge in [-0.05, 0) is 0 Å². The van der Waals surface area contributed by atoms with Crippen molar-refractivity contribution < 1.29 is 5.11 Å². The molecule has 0 saturated carbocycles. The number of hydrogen-bond acceptors (Lipinski definition) is 0. The summed E-state index contributed by atoms with van der Waals surface area (Å²) in [5.41, 5.74) is 0. The third-order valence-electron chi connectivity index (χ3n) is 0.839. The highest BCUT2D eigenvalue weighted by Crippen LogP contribution is 1.93. The van der Waals surface area contributed by atoms with Crippen molar-refractivity contribution in [2.75, 3.05) is 6.61 Å². The summed E-state index contributed by atoms with van der Waals surface area (Å²) in [5.74, 6) is 0.146. The van der Waals surface area contributed by atoms with E-state index >= 15 is 0 Å². The molecule has 0 aliphatic carbocycles. The maximum atomic E-state index is 10.1. The molecule has 0 amide bonds. The summed E-state index contributed by atoms with van der Waals surface area (Å²) < 4.78 is 0. The third kappa shape index (κ3) is 3.62. The lowest BCUT2D eigenvalue weighted by molar-refractivity contribution is 0.168. The van der Waals surface area contributed by atoms with Gasteiger partial charge >= 0.3 is 0 Å². The van der Waals surface area contributed by atoms with Crippen molar-refractivity contribution in [3.63, 3.8) is 0 Å². The Labute approximate surface area is 50.3 Å². The highest BCUT2D eigenvalue weighted by atomic mass is 16.3. The predicted octanol–water partition coefficient (Wildman–Crippen LogP) is 1.80. The molecule has 1 unspecified atom stereocenters. The molecule has 0 spiro atoms. The largest absolute Gasteiger partial charge is 0.236 e. The summed E-state index contributed by atoms with van der Waals surface area (Å²) in [6, 6.07) is 0. The second kappa shape index (κ2) is 4.60. The minimum Gasteiger partial charge on any atom is -0.236 e. The summed E-state index contributed by atoms with van der Waals surface area (Å²) in [7, 11) is 0. The molecular weight excluding hydrogens is 100 g/mol. The van der Waals surface area contributed by atoms with Crippen molar-refractivity contribution in [1.82, 2.24) is 0 Å². The van der Waals surface area contributed by atoms with E-state index in [4.69, 9.17) is 0 Å². The van der Waals surface area contributed by atoms with Crippen LogP contribution in [-0.4, -0.2) is 6.61 Å². The Balaban J connectivity index is 3.35. The van der Waals surface area contributed by atoms with Crippen LogP contribution in [0, 0.1) is 5.92 Å². The standard InChI is InChI=1S/C7H11O/c1-3-4-5-7(2)6-8/h3-5,7H,1,6H2,2H3. The van der Waals surface area contributed by atoms with E-state index in [1.165, 1.54) is 0 Å². The van der Waals surface area contributed by atoms with E-state index in [2.05, 4.69) is 6.58 Å². The van der Waals surface area contributed by atoms with E-state index in [1.807, 2.05) is 13.0 Å². The Morgan fingerprint density at radius 2 is 2.38 bits per heavy atom. The minimum absolute atomic E-state index is 0.0374. The molecule has 1 nitrogen and oxygen atoms in total. The monoisotopic (exact) mass is 111 g/mol. The van der Waals surface area contributed by atoms with Gasteiger partial charge in [-0.2, -0.15) is 0 Å². The normalized spacial score (nSPS) is 14.2. The van der Waals surface area contributed by atoms with Gasteiger partial charge in [0.15, 0.2) is 0 Å². The molecule has 0 aromatic carbocycles. The fourth-order valence-corrected chi connectivity index (χ4v) is 0.324. The smallest absolute Gasteiger partial charge is 0.0882 e. The quantitative estimate of drug-likeness (QED) is 0.495. The predicted molar refractivity (Wildman–Crippen MR) is 34.1 cm³/mol. The van der Waals surface area contributed by atoms with E-state index in [1.54, 1.807) is 12.2 Å². The van der Waals surface area contributed by atoms with E-state index in [0.717, 1.165) is 0 Å². The molecule has 45 valence electrons. The second-order valence-corrected chi connectivity index (χ2v) is 1.76. The van der Waals surface area contributed by atoms with Crippen molar-refractivity contribution in [3.8, 4) is 0 Å². The molecule has 0 aliphatic heterocycles. The Hall–Kier alpha value is -0.560. The molecule has 0 rings (SSSR count). The first-order valence-corrected chi connectivity index (χ1v) is 2.68. The molecular formula is C7H11O. The summed E-state index contributed by atoms with van der Waals surface area (Å²) in [4.78, 5) is 0. The fraction of sp³-hybridized carbons (Fsp3) is 0.429. The lowest BCUT2D eigenvalue weighted by atomic mass is 10.2. The summed E-state index contributed by atoms with van der Waals surface area (Å²) in [6.45, 7) is 5.32. The van der Waals surface area contributed by atoms with Crippen LogP contribution in [0.2, 0.25) is 0 Å². The van der Waals surface area contributed by atoms with Gasteiger partial charge in [0.2, 0.25) is 0 Å². The van der Waals surface area contributed by atoms with Gasteiger partial charge in [-0.25, -0.2) is 5.11 Å². The van der Waals surface area contributed by atoms with Crippen molar-refractivity contribution in [3.05, 3.63) is 24.8 Å². The Bertz CT molecular complexity index is 84.4. The molecule has 1 heteroatoms. The van der Waals surface area contributed by atoms with Crippen LogP contribution < -0.4 is 0 Å². The lowest BCUT2D eigenvalue weighted by Gasteiger charge is -1.93.